The van der Waals surface area contributed by atoms with E-state index in [0.717, 1.165) is 43.1 Å². The number of alkyl halides is 1. The molecule has 1 atom stereocenters. The molecule has 130 valence electrons. The van der Waals surface area contributed by atoms with Crippen molar-refractivity contribution in [3.63, 3.8) is 0 Å². The number of nitrogens with one attached hydrogen (secondary N) is 1. The first-order valence-corrected chi connectivity index (χ1v) is 8.14. The summed E-state index contributed by atoms with van der Waals surface area (Å²) < 4.78 is 19.3. The zero-order chi connectivity index (χ0) is 15.9. The van der Waals surface area contributed by atoms with E-state index in [0.29, 0.717) is 6.61 Å². The average Bonchev–Trinajstić information content (AvgIpc) is 2.63. The van der Waals surface area contributed by atoms with E-state index >= 15 is 0 Å². The van der Waals surface area contributed by atoms with E-state index in [1.54, 1.807) is 0 Å². The minimum absolute atomic E-state index is 0. The van der Waals surface area contributed by atoms with Gasteiger partial charge >= 0.3 is 0 Å². The molecular weight excluding hydrogens is 327 g/mol. The van der Waals surface area contributed by atoms with Gasteiger partial charge in [0, 0.05) is 26.2 Å². The molecule has 1 N–H and O–H groups in total. The summed E-state index contributed by atoms with van der Waals surface area (Å²) in [6.45, 7) is 3.82. The maximum Gasteiger partial charge on any atom is 0.119 e. The lowest BCUT2D eigenvalue weighted by atomic mass is 10.1. The second-order valence-corrected chi connectivity index (χ2v) is 5.80. The van der Waals surface area contributed by atoms with Crippen LogP contribution < -0.4 is 10.1 Å². The zero-order valence-corrected chi connectivity index (χ0v) is 14.5. The van der Waals surface area contributed by atoms with Gasteiger partial charge in [0.1, 0.15) is 19.0 Å². The first-order chi connectivity index (χ1) is 11.4. The molecule has 0 spiro atoms. The molecule has 2 aromatic rings. The third-order valence-corrected chi connectivity index (χ3v) is 4.25. The van der Waals surface area contributed by atoms with Gasteiger partial charge in [-0.05, 0) is 23.3 Å². The van der Waals surface area contributed by atoms with Gasteiger partial charge < -0.3 is 10.1 Å². The van der Waals surface area contributed by atoms with Crippen LogP contribution in [0.25, 0.3) is 0 Å². The Hall–Kier alpha value is -1.62. The average molecular weight is 351 g/mol. The van der Waals surface area contributed by atoms with Crippen LogP contribution >= 0.6 is 12.4 Å². The lowest BCUT2D eigenvalue weighted by Gasteiger charge is -2.33. The fourth-order valence-electron chi connectivity index (χ4n) is 2.92. The molecule has 1 aliphatic heterocycles. The van der Waals surface area contributed by atoms with E-state index < -0.39 is 0 Å². The van der Waals surface area contributed by atoms with Gasteiger partial charge in [0.15, 0.2) is 0 Å². The molecule has 0 bridgehead atoms. The lowest BCUT2D eigenvalue weighted by Crippen LogP contribution is -2.45. The molecule has 1 fully saturated rings. The Labute approximate surface area is 149 Å². The molecule has 0 aliphatic carbocycles. The third kappa shape index (κ3) is 4.94. The molecule has 2 aromatic carbocycles. The van der Waals surface area contributed by atoms with Crippen molar-refractivity contribution in [2.75, 3.05) is 32.9 Å². The van der Waals surface area contributed by atoms with Crippen LogP contribution in [0.3, 0.4) is 0 Å². The topological polar surface area (TPSA) is 24.5 Å². The van der Waals surface area contributed by atoms with E-state index in [9.17, 15) is 4.39 Å². The van der Waals surface area contributed by atoms with Crippen LogP contribution in [0, 0.1) is 0 Å². The van der Waals surface area contributed by atoms with Gasteiger partial charge in [0.2, 0.25) is 0 Å². The molecule has 5 heteroatoms. The van der Waals surface area contributed by atoms with Crippen molar-refractivity contribution in [3.8, 4) is 5.75 Å². The third-order valence-electron chi connectivity index (χ3n) is 4.25. The molecule has 3 nitrogen and oxygen atoms in total. The number of benzene rings is 2. The normalized spacial score (nSPS) is 16.2. The van der Waals surface area contributed by atoms with Gasteiger partial charge in [-0.2, -0.15) is 0 Å². The summed E-state index contributed by atoms with van der Waals surface area (Å²) in [5.74, 6) is 0.815. The molecule has 0 radical (unpaired) electrons. The van der Waals surface area contributed by atoms with E-state index in [-0.39, 0.29) is 25.1 Å². The second kappa shape index (κ2) is 9.62. The van der Waals surface area contributed by atoms with Gasteiger partial charge in [-0.25, -0.2) is 4.39 Å². The van der Waals surface area contributed by atoms with Gasteiger partial charge in [-0.15, -0.1) is 12.4 Å². The molecule has 24 heavy (non-hydrogen) atoms. The highest BCUT2D eigenvalue weighted by atomic mass is 35.5. The number of ether oxygens (including phenoxy) is 1. The van der Waals surface area contributed by atoms with Crippen molar-refractivity contribution in [2.24, 2.45) is 0 Å². The monoisotopic (exact) mass is 350 g/mol. The predicted octanol–water partition coefficient (Wildman–Crippen LogP) is 3.60. The van der Waals surface area contributed by atoms with Crippen molar-refractivity contribution < 1.29 is 9.13 Å². The standard InChI is InChI=1S/C19H23FN2O.ClH/c20-14-19(22-12-10-21-11-13-22)17-6-8-18(9-7-17)23-15-16-4-2-1-3-5-16;/h1-9,19,21H,10-15H2;1H/t19-;/m0./s1. The molecule has 0 saturated carbocycles. The highest BCUT2D eigenvalue weighted by molar-refractivity contribution is 5.85. The van der Waals surface area contributed by atoms with Crippen molar-refractivity contribution >= 4 is 12.4 Å². The Balaban J connectivity index is 0.00000208. The molecule has 1 heterocycles. The first kappa shape index (κ1) is 18.7. The Bertz CT molecular complexity index is 588. The Morgan fingerprint density at radius 1 is 1.00 bits per heavy atom. The van der Waals surface area contributed by atoms with Gasteiger partial charge in [-0.1, -0.05) is 42.5 Å². The Morgan fingerprint density at radius 3 is 2.29 bits per heavy atom. The summed E-state index contributed by atoms with van der Waals surface area (Å²) in [5, 5.41) is 3.30. The number of hydrogen-bond acceptors (Lipinski definition) is 3. The number of hydrogen-bond donors (Lipinski definition) is 1. The number of piperazine rings is 1. The van der Waals surface area contributed by atoms with Crippen LogP contribution in [-0.4, -0.2) is 37.8 Å². The maximum atomic E-state index is 13.5. The van der Waals surface area contributed by atoms with Crippen LogP contribution in [0.15, 0.2) is 54.6 Å². The van der Waals surface area contributed by atoms with Crippen LogP contribution in [-0.2, 0) is 6.61 Å². The van der Waals surface area contributed by atoms with E-state index in [1.807, 2.05) is 54.6 Å². The van der Waals surface area contributed by atoms with Crippen LogP contribution in [0.2, 0.25) is 0 Å². The molecule has 1 saturated heterocycles. The SMILES string of the molecule is Cl.FC[C@@H](c1ccc(OCc2ccccc2)cc1)N1CCNCC1. The number of rotatable bonds is 6. The second-order valence-electron chi connectivity index (χ2n) is 5.80. The summed E-state index contributed by atoms with van der Waals surface area (Å²) in [5.41, 5.74) is 2.15. The molecule has 0 aromatic heterocycles. The lowest BCUT2D eigenvalue weighted by molar-refractivity contribution is 0.147. The molecule has 1 aliphatic rings. The fraction of sp³-hybridized carbons (Fsp3) is 0.368. The van der Waals surface area contributed by atoms with Crippen LogP contribution in [0.4, 0.5) is 4.39 Å². The zero-order valence-electron chi connectivity index (χ0n) is 13.7. The molecule has 0 amide bonds. The summed E-state index contributed by atoms with van der Waals surface area (Å²) in [6.07, 6.45) is 0. The van der Waals surface area contributed by atoms with Gasteiger partial charge in [0.05, 0.1) is 6.04 Å². The highest BCUT2D eigenvalue weighted by Gasteiger charge is 2.21. The Kier molecular flexibility index (Phi) is 7.50. The Morgan fingerprint density at radius 2 is 1.67 bits per heavy atom. The number of nitrogens with zero attached hydrogens (tertiary/aromatic N) is 1. The number of halogens is 2. The molecular formula is C19H24ClFN2O. The van der Waals surface area contributed by atoms with E-state index in [4.69, 9.17) is 4.74 Å². The van der Waals surface area contributed by atoms with Crippen molar-refractivity contribution in [1.29, 1.82) is 0 Å². The molecule has 3 rings (SSSR count). The fourth-order valence-corrected chi connectivity index (χ4v) is 2.92. The highest BCUT2D eigenvalue weighted by Crippen LogP contribution is 2.24. The summed E-state index contributed by atoms with van der Waals surface area (Å²) >= 11 is 0. The first-order valence-electron chi connectivity index (χ1n) is 8.14. The predicted molar refractivity (Wildman–Crippen MR) is 97.6 cm³/mol. The summed E-state index contributed by atoms with van der Waals surface area (Å²) in [6, 6.07) is 17.7. The van der Waals surface area contributed by atoms with Crippen LogP contribution in [0.1, 0.15) is 17.2 Å². The summed E-state index contributed by atoms with van der Waals surface area (Å²) in [7, 11) is 0. The summed E-state index contributed by atoms with van der Waals surface area (Å²) in [4.78, 5) is 2.20. The van der Waals surface area contributed by atoms with Gasteiger partial charge in [0.25, 0.3) is 0 Å². The van der Waals surface area contributed by atoms with Crippen molar-refractivity contribution in [3.05, 3.63) is 65.7 Å². The molecule has 0 unspecified atom stereocenters. The minimum atomic E-state index is -0.357. The van der Waals surface area contributed by atoms with Gasteiger partial charge in [-0.3, -0.25) is 4.90 Å². The van der Waals surface area contributed by atoms with E-state index in [2.05, 4.69) is 10.2 Å². The van der Waals surface area contributed by atoms with Crippen molar-refractivity contribution in [1.82, 2.24) is 10.2 Å². The quantitative estimate of drug-likeness (QED) is 0.861. The largest absolute Gasteiger partial charge is 0.489 e. The maximum absolute atomic E-state index is 13.5. The van der Waals surface area contributed by atoms with E-state index in [1.165, 1.54) is 0 Å². The minimum Gasteiger partial charge on any atom is -0.489 e. The van der Waals surface area contributed by atoms with Crippen LogP contribution in [0.5, 0.6) is 5.75 Å². The smallest absolute Gasteiger partial charge is 0.119 e. The van der Waals surface area contributed by atoms with Crippen molar-refractivity contribution in [2.45, 2.75) is 12.6 Å².